The van der Waals surface area contributed by atoms with E-state index in [1.165, 1.54) is 4.57 Å². The highest BCUT2D eigenvalue weighted by molar-refractivity contribution is 9.10. The maximum absolute atomic E-state index is 12.5. The molecule has 0 spiro atoms. The standard InChI is InChI=1S/C19H17BrN4O3S/c20-12-5-7-13(8-6-12)22-17(26)11-21-16(25)9-10-24-18(27)14-3-1-2-4-15(14)23-19(24)28/h1-8H,9-11H2,(H,21,25)(H,22,26)(H,23,28). The summed E-state index contributed by atoms with van der Waals surface area (Å²) in [5.74, 6) is -0.684. The average Bonchev–Trinajstić information content (AvgIpc) is 2.68. The van der Waals surface area contributed by atoms with E-state index in [0.29, 0.717) is 16.6 Å². The van der Waals surface area contributed by atoms with E-state index in [-0.39, 0.29) is 41.7 Å². The lowest BCUT2D eigenvalue weighted by atomic mass is 10.2. The first-order valence-electron chi connectivity index (χ1n) is 8.48. The summed E-state index contributed by atoms with van der Waals surface area (Å²) < 4.78 is 2.50. The number of benzene rings is 2. The SMILES string of the molecule is O=C(CCn1c(=S)[nH]c2ccccc2c1=O)NCC(=O)Nc1ccc(Br)cc1. The van der Waals surface area contributed by atoms with E-state index >= 15 is 0 Å². The lowest BCUT2D eigenvalue weighted by molar-refractivity contribution is -0.124. The summed E-state index contributed by atoms with van der Waals surface area (Å²) >= 11 is 8.53. The van der Waals surface area contributed by atoms with Crippen molar-refractivity contribution < 1.29 is 9.59 Å². The Morgan fingerprint density at radius 2 is 1.79 bits per heavy atom. The molecule has 28 heavy (non-hydrogen) atoms. The van der Waals surface area contributed by atoms with Crippen LogP contribution in [-0.2, 0) is 16.1 Å². The van der Waals surface area contributed by atoms with Crippen LogP contribution in [0.5, 0.6) is 0 Å². The van der Waals surface area contributed by atoms with Crippen LogP contribution in [0.15, 0.2) is 57.8 Å². The summed E-state index contributed by atoms with van der Waals surface area (Å²) in [6.45, 7) is -0.0342. The van der Waals surface area contributed by atoms with Crippen LogP contribution in [0.1, 0.15) is 6.42 Å². The molecule has 7 nitrogen and oxygen atoms in total. The van der Waals surface area contributed by atoms with E-state index in [2.05, 4.69) is 31.5 Å². The number of rotatable bonds is 6. The summed E-state index contributed by atoms with van der Waals surface area (Å²) in [5.41, 5.74) is 1.04. The first-order valence-corrected chi connectivity index (χ1v) is 9.68. The number of carbonyl (C=O) groups is 2. The second kappa shape index (κ2) is 8.94. The van der Waals surface area contributed by atoms with Gasteiger partial charge in [-0.05, 0) is 48.6 Å². The monoisotopic (exact) mass is 460 g/mol. The number of nitrogens with one attached hydrogen (secondary N) is 3. The van der Waals surface area contributed by atoms with E-state index < -0.39 is 0 Å². The summed E-state index contributed by atoms with van der Waals surface area (Å²) in [6.07, 6.45) is 0.0291. The third-order valence-electron chi connectivity index (χ3n) is 4.03. The Hall–Kier alpha value is -2.78. The molecule has 0 bridgehead atoms. The molecule has 0 unspecified atom stereocenters. The molecule has 0 saturated heterocycles. The van der Waals surface area contributed by atoms with Gasteiger partial charge in [-0.25, -0.2) is 0 Å². The summed E-state index contributed by atoms with van der Waals surface area (Å²) in [7, 11) is 0. The molecule has 0 aliphatic carbocycles. The Bertz CT molecular complexity index is 1140. The maximum atomic E-state index is 12.5. The number of halogens is 1. The molecule has 1 heterocycles. The minimum absolute atomic E-state index is 0.0291. The minimum atomic E-state index is -0.347. The van der Waals surface area contributed by atoms with E-state index in [0.717, 1.165) is 4.47 Å². The Morgan fingerprint density at radius 3 is 2.54 bits per heavy atom. The molecular weight excluding hydrogens is 444 g/mol. The molecule has 0 saturated carbocycles. The molecule has 0 atom stereocenters. The first kappa shape index (κ1) is 20.0. The van der Waals surface area contributed by atoms with Gasteiger partial charge in [0.15, 0.2) is 4.77 Å². The van der Waals surface area contributed by atoms with Gasteiger partial charge in [0.25, 0.3) is 5.56 Å². The normalized spacial score (nSPS) is 10.6. The maximum Gasteiger partial charge on any atom is 0.262 e. The van der Waals surface area contributed by atoms with E-state index in [1.807, 2.05) is 6.07 Å². The number of aromatic nitrogens is 2. The van der Waals surface area contributed by atoms with Crippen molar-refractivity contribution in [3.05, 3.63) is 68.1 Å². The molecule has 144 valence electrons. The lowest BCUT2D eigenvalue weighted by Gasteiger charge is -2.09. The summed E-state index contributed by atoms with van der Waals surface area (Å²) in [6, 6.07) is 14.2. The fraction of sp³-hybridized carbons (Fsp3) is 0.158. The fourth-order valence-electron chi connectivity index (χ4n) is 2.62. The van der Waals surface area contributed by atoms with Gasteiger partial charge in [-0.15, -0.1) is 0 Å². The molecule has 3 aromatic rings. The van der Waals surface area contributed by atoms with Crippen molar-refractivity contribution >= 4 is 56.6 Å². The van der Waals surface area contributed by atoms with E-state index in [1.54, 1.807) is 42.5 Å². The van der Waals surface area contributed by atoms with Gasteiger partial charge in [-0.1, -0.05) is 28.1 Å². The molecule has 0 fully saturated rings. The van der Waals surface area contributed by atoms with Gasteiger partial charge >= 0.3 is 0 Å². The topological polar surface area (TPSA) is 96.0 Å². The quantitative estimate of drug-likeness (QED) is 0.492. The van der Waals surface area contributed by atoms with Crippen LogP contribution in [0, 0.1) is 4.77 Å². The van der Waals surface area contributed by atoms with E-state index in [9.17, 15) is 14.4 Å². The van der Waals surface area contributed by atoms with Crippen LogP contribution in [0.3, 0.4) is 0 Å². The van der Waals surface area contributed by atoms with Crippen molar-refractivity contribution in [3.63, 3.8) is 0 Å². The number of hydrogen-bond acceptors (Lipinski definition) is 4. The van der Waals surface area contributed by atoms with Crippen molar-refractivity contribution in [2.75, 3.05) is 11.9 Å². The van der Waals surface area contributed by atoms with Crippen molar-refractivity contribution in [2.45, 2.75) is 13.0 Å². The highest BCUT2D eigenvalue weighted by Crippen LogP contribution is 2.13. The number of carbonyl (C=O) groups excluding carboxylic acids is 2. The molecule has 3 rings (SSSR count). The smallest absolute Gasteiger partial charge is 0.262 e. The third-order valence-corrected chi connectivity index (χ3v) is 4.88. The molecule has 2 amide bonds. The lowest BCUT2D eigenvalue weighted by Crippen LogP contribution is -2.34. The van der Waals surface area contributed by atoms with Crippen molar-refractivity contribution in [3.8, 4) is 0 Å². The Morgan fingerprint density at radius 1 is 1.07 bits per heavy atom. The second-order valence-electron chi connectivity index (χ2n) is 6.01. The molecule has 0 aliphatic rings. The number of nitrogens with zero attached hydrogens (tertiary/aromatic N) is 1. The zero-order valence-corrected chi connectivity index (χ0v) is 17.1. The molecule has 3 N–H and O–H groups in total. The first-order chi connectivity index (χ1) is 13.4. The number of hydrogen-bond donors (Lipinski definition) is 3. The van der Waals surface area contributed by atoms with Crippen LogP contribution in [-0.4, -0.2) is 27.9 Å². The molecule has 0 radical (unpaired) electrons. The Labute approximate surface area is 173 Å². The number of anilines is 1. The molecule has 9 heteroatoms. The highest BCUT2D eigenvalue weighted by atomic mass is 79.9. The van der Waals surface area contributed by atoms with Crippen molar-refractivity contribution in [1.82, 2.24) is 14.9 Å². The van der Waals surface area contributed by atoms with Gasteiger partial charge in [0.1, 0.15) is 0 Å². The number of fused-ring (bicyclic) bond motifs is 1. The predicted molar refractivity (Wildman–Crippen MR) is 114 cm³/mol. The van der Waals surface area contributed by atoms with Gasteiger partial charge in [0, 0.05) is 23.1 Å². The zero-order chi connectivity index (χ0) is 20.1. The van der Waals surface area contributed by atoms with Crippen LogP contribution in [0.2, 0.25) is 0 Å². The Balaban J connectivity index is 1.55. The van der Waals surface area contributed by atoms with Crippen LogP contribution < -0.4 is 16.2 Å². The number of aromatic amines is 1. The largest absolute Gasteiger partial charge is 0.347 e. The van der Waals surface area contributed by atoms with Crippen LogP contribution in [0.4, 0.5) is 5.69 Å². The van der Waals surface area contributed by atoms with Gasteiger partial charge in [0.2, 0.25) is 11.8 Å². The molecular formula is C19H17BrN4O3S. The highest BCUT2D eigenvalue weighted by Gasteiger charge is 2.09. The average molecular weight is 461 g/mol. The van der Waals surface area contributed by atoms with Crippen LogP contribution in [0.25, 0.3) is 10.9 Å². The zero-order valence-electron chi connectivity index (χ0n) is 14.7. The van der Waals surface area contributed by atoms with Gasteiger partial charge < -0.3 is 15.6 Å². The Kier molecular flexibility index (Phi) is 6.37. The number of amides is 2. The van der Waals surface area contributed by atoms with Gasteiger partial charge in [-0.2, -0.15) is 0 Å². The molecule has 0 aliphatic heterocycles. The number of para-hydroxylation sites is 1. The molecule has 2 aromatic carbocycles. The fourth-order valence-corrected chi connectivity index (χ4v) is 3.17. The van der Waals surface area contributed by atoms with Crippen molar-refractivity contribution in [1.29, 1.82) is 0 Å². The van der Waals surface area contributed by atoms with Crippen molar-refractivity contribution in [2.24, 2.45) is 0 Å². The minimum Gasteiger partial charge on any atom is -0.347 e. The van der Waals surface area contributed by atoms with Gasteiger partial charge in [-0.3, -0.25) is 19.0 Å². The predicted octanol–water partition coefficient (Wildman–Crippen LogP) is 2.97. The van der Waals surface area contributed by atoms with E-state index in [4.69, 9.17) is 12.2 Å². The van der Waals surface area contributed by atoms with Gasteiger partial charge in [0.05, 0.1) is 17.4 Å². The van der Waals surface area contributed by atoms with Crippen LogP contribution >= 0.6 is 28.1 Å². The molecule has 1 aromatic heterocycles. The summed E-state index contributed by atoms with van der Waals surface area (Å²) in [5, 5.41) is 5.73. The third kappa shape index (κ3) is 4.93. The second-order valence-corrected chi connectivity index (χ2v) is 7.32. The summed E-state index contributed by atoms with van der Waals surface area (Å²) in [4.78, 5) is 39.5. The number of H-pyrrole nitrogens is 1.